The smallest absolute Gasteiger partial charge is 0.220 e. The van der Waals surface area contributed by atoms with E-state index >= 15 is 0 Å². The predicted molar refractivity (Wildman–Crippen MR) is 379 cm³/mol. The predicted octanol–water partition coefficient (Wildman–Crippen LogP) is 12.0. The molecule has 0 spiro atoms. The second-order valence-electron chi connectivity index (χ2n) is 27.0. The van der Waals surface area contributed by atoms with Crippen LogP contribution in [0.4, 0.5) is 17.5 Å². The molecule has 9 heterocycles. The molecule has 6 aliphatic rings. The Morgan fingerprint density at radius 2 is 0.734 bits per heavy atom. The van der Waals surface area contributed by atoms with E-state index in [1.165, 1.54) is 53.8 Å². The summed E-state index contributed by atoms with van der Waals surface area (Å²) >= 11 is 0. The number of unbranched alkanes of at least 4 members (excludes halogenated alkanes) is 2. The fourth-order valence-electron chi connectivity index (χ4n) is 14.8. The van der Waals surface area contributed by atoms with Gasteiger partial charge in [-0.3, -0.25) is 33.9 Å². The molecule has 0 bridgehead atoms. The molecule has 502 valence electrons. The highest BCUT2D eigenvalue weighted by molar-refractivity contribution is 5.84. The van der Waals surface area contributed by atoms with Crippen molar-refractivity contribution >= 4 is 40.7 Å². The third kappa shape index (κ3) is 20.9. The molecule has 6 N–H and O–H groups in total. The van der Waals surface area contributed by atoms with Crippen molar-refractivity contribution in [2.24, 2.45) is 0 Å². The SMILES string of the molecule is CC(=O)[C@@H](c1ccccc1)N1CCC(NCCCCc2ccc3c(n2)NCCC3)CC1.CC(=O)[C@H](c1ccccc1)N1CCC(NC(=O)CCCc2ccc3c(n2)NCCC3)CC1.CC(=O)[C@H](c1ccccc1)N1CCC(NCCCCc2ccc3c(n2)NCCC3)CC1. The molecule has 3 atom stereocenters. The van der Waals surface area contributed by atoms with Gasteiger partial charge in [-0.15, -0.1) is 0 Å². The van der Waals surface area contributed by atoms with Crippen LogP contribution in [0.1, 0.15) is 186 Å². The first-order chi connectivity index (χ1) is 46.0. The van der Waals surface area contributed by atoms with Crippen LogP contribution < -0.4 is 31.9 Å². The zero-order valence-corrected chi connectivity index (χ0v) is 56.5. The van der Waals surface area contributed by atoms with Gasteiger partial charge in [-0.25, -0.2) is 15.0 Å². The van der Waals surface area contributed by atoms with Gasteiger partial charge >= 0.3 is 0 Å². The zero-order chi connectivity index (χ0) is 65.3. The van der Waals surface area contributed by atoms with Crippen molar-refractivity contribution in [1.29, 1.82) is 0 Å². The third-order valence-corrected chi connectivity index (χ3v) is 19.8. The van der Waals surface area contributed by atoms with Crippen LogP contribution >= 0.6 is 0 Å². The summed E-state index contributed by atoms with van der Waals surface area (Å²) in [6.45, 7) is 15.8. The number of carbonyl (C=O) groups excluding carboxylic acids is 4. The second-order valence-corrected chi connectivity index (χ2v) is 27.0. The van der Waals surface area contributed by atoms with Crippen LogP contribution in [0.2, 0.25) is 0 Å². The number of fused-ring (bicyclic) bond motifs is 3. The number of carbonyl (C=O) groups is 4. The van der Waals surface area contributed by atoms with Crippen molar-refractivity contribution < 1.29 is 19.2 Å². The number of nitrogens with zero attached hydrogens (tertiary/aromatic N) is 6. The summed E-state index contributed by atoms with van der Waals surface area (Å²) in [6.07, 6.45) is 22.1. The zero-order valence-electron chi connectivity index (χ0n) is 56.5. The first kappa shape index (κ1) is 69.6. The summed E-state index contributed by atoms with van der Waals surface area (Å²) in [5.74, 6) is 3.99. The van der Waals surface area contributed by atoms with Gasteiger partial charge in [0.15, 0.2) is 17.3 Å². The summed E-state index contributed by atoms with van der Waals surface area (Å²) in [4.78, 5) is 70.6. The maximum atomic E-state index is 12.5. The summed E-state index contributed by atoms with van der Waals surface area (Å²) in [5, 5.41) is 20.9. The number of hydrogen-bond donors (Lipinski definition) is 6. The number of nitrogens with one attached hydrogen (secondary N) is 6. The molecule has 3 fully saturated rings. The Kier molecular flexibility index (Phi) is 27.1. The van der Waals surface area contributed by atoms with Gasteiger partial charge in [0.1, 0.15) is 17.5 Å². The number of likely N-dealkylation sites (tertiary alicyclic amines) is 3. The average molecular weight is 1280 g/mol. The molecule has 0 radical (unpaired) electrons. The average Bonchev–Trinajstić information content (AvgIpc) is 1.10. The Labute approximate surface area is 560 Å². The van der Waals surface area contributed by atoms with Crippen molar-refractivity contribution in [3.8, 4) is 0 Å². The lowest BCUT2D eigenvalue weighted by Crippen LogP contribution is -2.46. The molecule has 3 saturated heterocycles. The Bertz CT molecular complexity index is 3170. The number of rotatable bonds is 26. The van der Waals surface area contributed by atoms with Crippen LogP contribution in [0.15, 0.2) is 127 Å². The Morgan fingerprint density at radius 1 is 0.415 bits per heavy atom. The fraction of sp³-hybridized carbons (Fsp3) is 0.526. The molecule has 3 aromatic heterocycles. The molecule has 0 aliphatic carbocycles. The highest BCUT2D eigenvalue weighted by Gasteiger charge is 2.32. The van der Waals surface area contributed by atoms with Gasteiger partial charge in [-0.1, -0.05) is 109 Å². The lowest BCUT2D eigenvalue weighted by molar-refractivity contribution is -0.124. The lowest BCUT2D eigenvalue weighted by atomic mass is 9.97. The highest BCUT2D eigenvalue weighted by Crippen LogP contribution is 2.30. The van der Waals surface area contributed by atoms with E-state index in [-0.39, 0.29) is 47.4 Å². The van der Waals surface area contributed by atoms with E-state index < -0.39 is 0 Å². The highest BCUT2D eigenvalue weighted by atomic mass is 16.2. The van der Waals surface area contributed by atoms with E-state index in [4.69, 9.17) is 15.0 Å². The fourth-order valence-corrected chi connectivity index (χ4v) is 14.8. The van der Waals surface area contributed by atoms with Crippen LogP contribution in [0.3, 0.4) is 0 Å². The van der Waals surface area contributed by atoms with E-state index in [1.54, 1.807) is 20.8 Å². The van der Waals surface area contributed by atoms with Crippen molar-refractivity contribution in [3.05, 3.63) is 178 Å². The van der Waals surface area contributed by atoms with Gasteiger partial charge in [-0.05, 0) is 214 Å². The molecule has 94 heavy (non-hydrogen) atoms. The molecule has 3 aromatic carbocycles. The Balaban J connectivity index is 0.000000154. The summed E-state index contributed by atoms with van der Waals surface area (Å²) in [7, 11) is 0. The maximum Gasteiger partial charge on any atom is 0.220 e. The third-order valence-electron chi connectivity index (χ3n) is 19.8. The van der Waals surface area contributed by atoms with Gasteiger partial charge in [-0.2, -0.15) is 0 Å². The minimum atomic E-state index is -0.188. The van der Waals surface area contributed by atoms with E-state index in [9.17, 15) is 19.2 Å². The van der Waals surface area contributed by atoms with Crippen LogP contribution in [0, 0.1) is 0 Å². The Hall–Kier alpha value is -7.21. The minimum absolute atomic E-state index is 0.0965. The van der Waals surface area contributed by atoms with Crippen LogP contribution in [0.5, 0.6) is 0 Å². The minimum Gasteiger partial charge on any atom is -0.370 e. The van der Waals surface area contributed by atoms with Gasteiger partial charge in [0.05, 0.1) is 18.1 Å². The molecule has 0 saturated carbocycles. The number of piperidine rings is 3. The summed E-state index contributed by atoms with van der Waals surface area (Å²) < 4.78 is 0. The van der Waals surface area contributed by atoms with Crippen molar-refractivity contribution in [2.75, 3.05) is 87.9 Å². The van der Waals surface area contributed by atoms with Crippen LogP contribution in [-0.2, 0) is 57.7 Å². The van der Waals surface area contributed by atoms with E-state index in [2.05, 4.69) is 107 Å². The molecule has 12 rings (SSSR count). The molecule has 16 heteroatoms. The largest absolute Gasteiger partial charge is 0.370 e. The van der Waals surface area contributed by atoms with Gasteiger partial charge in [0.25, 0.3) is 0 Å². The van der Waals surface area contributed by atoms with Crippen LogP contribution in [-0.4, -0.2) is 143 Å². The first-order valence-corrected chi connectivity index (χ1v) is 35.8. The summed E-state index contributed by atoms with van der Waals surface area (Å²) in [6, 6.07) is 44.5. The molecule has 0 unspecified atom stereocenters. The molecule has 16 nitrogen and oxygen atoms in total. The molecule has 1 amide bonds. The van der Waals surface area contributed by atoms with Crippen molar-refractivity contribution in [1.82, 2.24) is 45.6 Å². The van der Waals surface area contributed by atoms with Gasteiger partial charge in [0.2, 0.25) is 5.91 Å². The number of benzene rings is 3. The maximum absolute atomic E-state index is 12.5. The standard InChI is InChI=1S/C26H34N4O2.2C26H36N4O/c1-19(31)25(20-7-3-2-4-8-20)30-17-14-23(15-18-30)28-24(32)11-5-10-22-13-12-21-9-6-16-27-26(21)29-22;2*1-20(31)25(21-8-3-2-4-9-21)30-18-14-23(15-19-30)27-16-6-5-11-24-13-12-22-10-7-17-28-26(22)29-24/h2-4,7-8,12-13,23,25H,5-6,9-11,14-18H2,1H3,(H,27,29)(H,28,32);2*2-4,8-9,12-13,23,25,27H,5-7,10-11,14-19H2,1H3,(H,28,29)/t3*25-/m110/s1. The molecule has 6 aliphatic heterocycles. The van der Waals surface area contributed by atoms with E-state index in [1.807, 2.05) is 66.7 Å². The number of Topliss-reactive ketones (excluding diaryl/α,β-unsaturated/α-hetero) is 3. The molecule has 6 aromatic rings. The van der Waals surface area contributed by atoms with E-state index in [0.717, 1.165) is 215 Å². The van der Waals surface area contributed by atoms with E-state index in [0.29, 0.717) is 18.5 Å². The molecular formula is C78H106N12O4. The monoisotopic (exact) mass is 1270 g/mol. The second kappa shape index (κ2) is 36.6. The van der Waals surface area contributed by atoms with Crippen LogP contribution in [0.25, 0.3) is 0 Å². The summed E-state index contributed by atoms with van der Waals surface area (Å²) in [5.41, 5.74) is 10.8. The first-order valence-electron chi connectivity index (χ1n) is 35.8. The normalized spacial score (nSPS) is 18.1. The number of aromatic nitrogens is 3. The Morgan fingerprint density at radius 3 is 1.06 bits per heavy atom. The van der Waals surface area contributed by atoms with Crippen molar-refractivity contribution in [2.45, 2.75) is 192 Å². The number of amides is 1. The van der Waals surface area contributed by atoms with Crippen molar-refractivity contribution in [3.63, 3.8) is 0 Å². The number of pyridine rings is 3. The topological polar surface area (TPSA) is 189 Å². The quantitative estimate of drug-likeness (QED) is 0.0281. The number of hydrogen-bond acceptors (Lipinski definition) is 15. The molecular weight excluding hydrogens is 1170 g/mol. The lowest BCUT2D eigenvalue weighted by Gasteiger charge is -2.37. The number of anilines is 3. The van der Waals surface area contributed by atoms with Gasteiger partial charge in [0, 0.05) is 101 Å². The number of aryl methyl sites for hydroxylation is 6. The number of ketones is 3. The van der Waals surface area contributed by atoms with Gasteiger partial charge < -0.3 is 31.9 Å².